The summed E-state index contributed by atoms with van der Waals surface area (Å²) < 4.78 is 0. The second-order valence-corrected chi connectivity index (χ2v) is 6.90. The molecule has 1 N–H and O–H groups in total. The average Bonchev–Trinajstić information content (AvgIpc) is 2.72. The van der Waals surface area contributed by atoms with Gasteiger partial charge in [-0.25, -0.2) is 0 Å². The van der Waals surface area contributed by atoms with Gasteiger partial charge in [0.05, 0.1) is 0 Å². The summed E-state index contributed by atoms with van der Waals surface area (Å²) in [4.78, 5) is 2.41. The smallest absolute Gasteiger partial charge is 0.0495 e. The Labute approximate surface area is 142 Å². The highest BCUT2D eigenvalue weighted by molar-refractivity contribution is 6.30. The van der Waals surface area contributed by atoms with Gasteiger partial charge in [-0.05, 0) is 48.7 Å². The molecule has 0 radical (unpaired) electrons. The fourth-order valence-corrected chi connectivity index (χ4v) is 3.80. The van der Waals surface area contributed by atoms with Crippen molar-refractivity contribution in [1.29, 1.82) is 0 Å². The van der Waals surface area contributed by atoms with Crippen LogP contribution in [0.15, 0.2) is 53.3 Å². The highest BCUT2D eigenvalue weighted by atomic mass is 35.5. The maximum absolute atomic E-state index is 6.24. The monoisotopic (exact) mass is 324 g/mol. The first-order valence-electron chi connectivity index (χ1n) is 8.26. The SMILES string of the molecule is CN1CCC(=C2C3=C(C=CCN3)C=Cc3cc(Cl)ccc32)CC1. The number of allylic oxidation sites excluding steroid dienone is 4. The van der Waals surface area contributed by atoms with Crippen molar-refractivity contribution in [2.75, 3.05) is 26.7 Å². The Balaban J connectivity index is 1.92. The van der Waals surface area contributed by atoms with Crippen molar-refractivity contribution in [1.82, 2.24) is 10.2 Å². The zero-order valence-corrected chi connectivity index (χ0v) is 14.2. The molecule has 1 saturated heterocycles. The van der Waals surface area contributed by atoms with E-state index in [0.29, 0.717) is 0 Å². The van der Waals surface area contributed by atoms with Crippen LogP contribution in [0.3, 0.4) is 0 Å². The second kappa shape index (κ2) is 6.03. The van der Waals surface area contributed by atoms with Gasteiger partial charge >= 0.3 is 0 Å². The quantitative estimate of drug-likeness (QED) is 0.767. The first-order valence-corrected chi connectivity index (χ1v) is 8.64. The molecule has 118 valence electrons. The molecule has 2 aliphatic heterocycles. The molecule has 2 heterocycles. The van der Waals surface area contributed by atoms with Crippen molar-refractivity contribution < 1.29 is 0 Å². The number of hydrogen-bond donors (Lipinski definition) is 1. The van der Waals surface area contributed by atoms with Crippen LogP contribution in [0.4, 0.5) is 0 Å². The largest absolute Gasteiger partial charge is 0.381 e. The van der Waals surface area contributed by atoms with Crippen LogP contribution in [0.25, 0.3) is 11.6 Å². The fraction of sp³-hybridized carbons (Fsp3) is 0.300. The van der Waals surface area contributed by atoms with Gasteiger partial charge in [0.2, 0.25) is 0 Å². The third kappa shape index (κ3) is 2.77. The van der Waals surface area contributed by atoms with Crippen LogP contribution < -0.4 is 5.32 Å². The number of halogens is 1. The van der Waals surface area contributed by atoms with Gasteiger partial charge in [-0.15, -0.1) is 0 Å². The van der Waals surface area contributed by atoms with E-state index in [-0.39, 0.29) is 0 Å². The lowest BCUT2D eigenvalue weighted by Gasteiger charge is -2.29. The summed E-state index contributed by atoms with van der Waals surface area (Å²) >= 11 is 6.24. The summed E-state index contributed by atoms with van der Waals surface area (Å²) in [5.41, 5.74) is 8.02. The van der Waals surface area contributed by atoms with E-state index in [1.54, 1.807) is 5.57 Å². The molecule has 0 bridgehead atoms. The van der Waals surface area contributed by atoms with Gasteiger partial charge in [0.15, 0.2) is 0 Å². The topological polar surface area (TPSA) is 15.3 Å². The molecule has 0 aromatic heterocycles. The Morgan fingerprint density at radius 3 is 2.74 bits per heavy atom. The van der Waals surface area contributed by atoms with Crippen molar-refractivity contribution >= 4 is 23.3 Å². The third-order valence-electron chi connectivity index (χ3n) is 4.90. The molecule has 2 nitrogen and oxygen atoms in total. The number of rotatable bonds is 0. The minimum Gasteiger partial charge on any atom is -0.381 e. The van der Waals surface area contributed by atoms with Crippen molar-refractivity contribution in [3.8, 4) is 0 Å². The van der Waals surface area contributed by atoms with Gasteiger partial charge in [0.25, 0.3) is 0 Å². The van der Waals surface area contributed by atoms with Crippen molar-refractivity contribution in [3.05, 3.63) is 69.4 Å². The Morgan fingerprint density at radius 2 is 1.91 bits per heavy atom. The molecule has 3 aliphatic rings. The van der Waals surface area contributed by atoms with Gasteiger partial charge in [0, 0.05) is 35.9 Å². The first kappa shape index (κ1) is 14.8. The molecular weight excluding hydrogens is 304 g/mol. The predicted octanol–water partition coefficient (Wildman–Crippen LogP) is 4.26. The number of nitrogens with zero attached hydrogens (tertiary/aromatic N) is 1. The molecule has 1 fully saturated rings. The van der Waals surface area contributed by atoms with E-state index in [0.717, 1.165) is 37.5 Å². The highest BCUT2D eigenvalue weighted by Crippen LogP contribution is 2.38. The lowest BCUT2D eigenvalue weighted by atomic mass is 9.88. The van der Waals surface area contributed by atoms with Crippen molar-refractivity contribution in [2.24, 2.45) is 0 Å². The van der Waals surface area contributed by atoms with E-state index >= 15 is 0 Å². The number of likely N-dealkylation sites (tertiary alicyclic amines) is 1. The van der Waals surface area contributed by atoms with Crippen LogP contribution in [0.1, 0.15) is 24.0 Å². The summed E-state index contributed by atoms with van der Waals surface area (Å²) in [5.74, 6) is 0. The predicted molar refractivity (Wildman–Crippen MR) is 98.3 cm³/mol. The lowest BCUT2D eigenvalue weighted by Crippen LogP contribution is -2.28. The second-order valence-electron chi connectivity index (χ2n) is 6.46. The number of nitrogens with one attached hydrogen (secondary N) is 1. The van der Waals surface area contributed by atoms with Crippen LogP contribution in [0.2, 0.25) is 5.02 Å². The molecule has 1 aliphatic carbocycles. The van der Waals surface area contributed by atoms with Gasteiger partial charge < -0.3 is 10.2 Å². The normalized spacial score (nSPS) is 21.0. The zero-order chi connectivity index (χ0) is 15.8. The van der Waals surface area contributed by atoms with Gasteiger partial charge in [-0.3, -0.25) is 0 Å². The van der Waals surface area contributed by atoms with Crippen LogP contribution in [-0.2, 0) is 0 Å². The van der Waals surface area contributed by atoms with Crippen LogP contribution in [0, 0.1) is 0 Å². The molecule has 3 heteroatoms. The summed E-state index contributed by atoms with van der Waals surface area (Å²) in [6, 6.07) is 6.26. The minimum absolute atomic E-state index is 0.796. The molecule has 0 spiro atoms. The molecule has 0 unspecified atom stereocenters. The molecule has 0 saturated carbocycles. The van der Waals surface area contributed by atoms with E-state index in [1.165, 1.54) is 28.0 Å². The van der Waals surface area contributed by atoms with Crippen LogP contribution in [0.5, 0.6) is 0 Å². The average molecular weight is 325 g/mol. The molecule has 1 aromatic rings. The summed E-state index contributed by atoms with van der Waals surface area (Å²) in [5, 5.41) is 4.41. The summed E-state index contributed by atoms with van der Waals surface area (Å²) in [6.45, 7) is 3.16. The molecule has 0 atom stereocenters. The lowest BCUT2D eigenvalue weighted by molar-refractivity contribution is 0.313. The number of fused-ring (bicyclic) bond motifs is 1. The summed E-state index contributed by atoms with van der Waals surface area (Å²) in [6.07, 6.45) is 11.1. The van der Waals surface area contributed by atoms with E-state index in [9.17, 15) is 0 Å². The van der Waals surface area contributed by atoms with Crippen molar-refractivity contribution in [2.45, 2.75) is 12.8 Å². The molecule has 0 amide bonds. The molecule has 1 aromatic carbocycles. The summed E-state index contributed by atoms with van der Waals surface area (Å²) in [7, 11) is 2.20. The fourth-order valence-electron chi connectivity index (χ4n) is 3.62. The maximum Gasteiger partial charge on any atom is 0.0495 e. The number of benzene rings is 1. The number of dihydropyridines is 1. The maximum atomic E-state index is 6.24. The molecule has 4 rings (SSSR count). The third-order valence-corrected chi connectivity index (χ3v) is 5.14. The molecular formula is C20H21ClN2. The van der Waals surface area contributed by atoms with E-state index < -0.39 is 0 Å². The van der Waals surface area contributed by atoms with E-state index in [4.69, 9.17) is 11.6 Å². The Bertz CT molecular complexity index is 758. The number of piperidine rings is 1. The minimum atomic E-state index is 0.796. The first-order chi connectivity index (χ1) is 11.2. The van der Waals surface area contributed by atoms with E-state index in [1.807, 2.05) is 6.07 Å². The Kier molecular flexibility index (Phi) is 3.88. The Hall–Kier alpha value is -1.77. The van der Waals surface area contributed by atoms with Gasteiger partial charge in [-0.1, -0.05) is 47.5 Å². The van der Waals surface area contributed by atoms with Crippen molar-refractivity contribution in [3.63, 3.8) is 0 Å². The number of hydrogen-bond acceptors (Lipinski definition) is 2. The van der Waals surface area contributed by atoms with Gasteiger partial charge in [0.1, 0.15) is 0 Å². The Morgan fingerprint density at radius 1 is 1.09 bits per heavy atom. The van der Waals surface area contributed by atoms with E-state index in [2.05, 4.69) is 53.7 Å². The van der Waals surface area contributed by atoms with Gasteiger partial charge in [-0.2, -0.15) is 0 Å². The standard InChI is InChI=1S/C20H21ClN2/c1-23-11-8-14(9-12-23)19-18-7-6-17(21)13-16(18)5-4-15-3-2-10-22-20(15)19/h2-7,13,22H,8-12H2,1H3. The zero-order valence-electron chi connectivity index (χ0n) is 13.4. The molecule has 23 heavy (non-hydrogen) atoms. The highest BCUT2D eigenvalue weighted by Gasteiger charge is 2.23. The van der Waals surface area contributed by atoms with Crippen LogP contribution in [-0.4, -0.2) is 31.6 Å². The van der Waals surface area contributed by atoms with Crippen LogP contribution >= 0.6 is 11.6 Å².